The fourth-order valence-electron chi connectivity index (χ4n) is 4.15. The third kappa shape index (κ3) is 5.95. The molecule has 33 heavy (non-hydrogen) atoms. The van der Waals surface area contributed by atoms with Gasteiger partial charge in [0.1, 0.15) is 5.60 Å². The van der Waals surface area contributed by atoms with E-state index in [1.807, 2.05) is 56.0 Å². The molecule has 5 nitrogen and oxygen atoms in total. The van der Waals surface area contributed by atoms with Crippen LogP contribution < -0.4 is 5.32 Å². The summed E-state index contributed by atoms with van der Waals surface area (Å²) in [5, 5.41) is 3.92. The van der Waals surface area contributed by atoms with Crippen LogP contribution >= 0.6 is 27.3 Å². The number of hydrogen-bond acceptors (Lipinski definition) is 4. The fraction of sp³-hybridized carbons (Fsp3) is 0.385. The molecule has 7 heteroatoms. The zero-order valence-electron chi connectivity index (χ0n) is 19.2. The number of nitrogens with one attached hydrogen (secondary N) is 1. The number of benzene rings is 2. The molecule has 0 saturated carbocycles. The van der Waals surface area contributed by atoms with Gasteiger partial charge in [-0.3, -0.25) is 4.79 Å². The van der Waals surface area contributed by atoms with E-state index in [9.17, 15) is 9.59 Å². The van der Waals surface area contributed by atoms with Crippen LogP contribution in [0.1, 0.15) is 60.3 Å². The first-order valence-corrected chi connectivity index (χ1v) is 12.8. The van der Waals surface area contributed by atoms with E-state index in [4.69, 9.17) is 4.74 Å². The lowest BCUT2D eigenvalue weighted by Gasteiger charge is -2.32. The summed E-state index contributed by atoms with van der Waals surface area (Å²) in [5.74, 6) is 0.531. The second-order valence-electron chi connectivity index (χ2n) is 9.43. The fourth-order valence-corrected chi connectivity index (χ4v) is 5.82. The van der Waals surface area contributed by atoms with Gasteiger partial charge < -0.3 is 15.0 Å². The lowest BCUT2D eigenvalue weighted by Crippen LogP contribution is -2.37. The Morgan fingerprint density at radius 3 is 2.55 bits per heavy atom. The maximum Gasteiger partial charge on any atom is 0.407 e. The number of fused-ring (bicyclic) bond motifs is 1. The van der Waals surface area contributed by atoms with Crippen LogP contribution in [0.3, 0.4) is 0 Å². The van der Waals surface area contributed by atoms with Gasteiger partial charge >= 0.3 is 6.09 Å². The van der Waals surface area contributed by atoms with Crippen molar-refractivity contribution in [2.75, 3.05) is 13.1 Å². The van der Waals surface area contributed by atoms with E-state index in [0.29, 0.717) is 12.5 Å². The van der Waals surface area contributed by atoms with E-state index in [0.717, 1.165) is 50.9 Å². The number of carbonyl (C=O) groups is 2. The first-order valence-electron chi connectivity index (χ1n) is 11.2. The van der Waals surface area contributed by atoms with E-state index in [2.05, 4.69) is 39.4 Å². The Balaban J connectivity index is 1.34. The van der Waals surface area contributed by atoms with Gasteiger partial charge in [0, 0.05) is 34.2 Å². The number of rotatable bonds is 4. The second kappa shape index (κ2) is 9.85. The van der Waals surface area contributed by atoms with Crippen molar-refractivity contribution in [2.45, 2.75) is 51.7 Å². The zero-order chi connectivity index (χ0) is 23.6. The molecule has 1 fully saturated rings. The maximum absolute atomic E-state index is 13.1. The van der Waals surface area contributed by atoms with Crippen molar-refractivity contribution in [3.8, 4) is 0 Å². The molecule has 0 spiro atoms. The summed E-state index contributed by atoms with van der Waals surface area (Å²) in [5.41, 5.74) is 1.80. The largest absolute Gasteiger partial charge is 0.444 e. The maximum atomic E-state index is 13.1. The smallest absolute Gasteiger partial charge is 0.407 e. The number of nitrogens with zero attached hydrogens (tertiary/aromatic N) is 1. The molecule has 3 aromatic rings. The van der Waals surface area contributed by atoms with E-state index >= 15 is 0 Å². The van der Waals surface area contributed by atoms with Gasteiger partial charge in [-0.15, -0.1) is 11.3 Å². The van der Waals surface area contributed by atoms with Crippen LogP contribution in [0.4, 0.5) is 4.79 Å². The highest BCUT2D eigenvalue weighted by Crippen LogP contribution is 2.34. The highest BCUT2D eigenvalue weighted by Gasteiger charge is 2.26. The Kier molecular flexibility index (Phi) is 7.10. The van der Waals surface area contributed by atoms with E-state index < -0.39 is 11.7 Å². The average molecular weight is 530 g/mol. The molecule has 1 saturated heterocycles. The van der Waals surface area contributed by atoms with Crippen molar-refractivity contribution in [1.82, 2.24) is 10.2 Å². The molecule has 0 radical (unpaired) electrons. The summed E-state index contributed by atoms with van der Waals surface area (Å²) in [6, 6.07) is 16.4. The molecule has 4 rings (SSSR count). The Morgan fingerprint density at radius 2 is 1.85 bits per heavy atom. The number of piperidine rings is 1. The van der Waals surface area contributed by atoms with Crippen LogP contribution in [0.25, 0.3) is 10.1 Å². The predicted molar refractivity (Wildman–Crippen MR) is 137 cm³/mol. The topological polar surface area (TPSA) is 58.6 Å². The minimum absolute atomic E-state index is 0.122. The Morgan fingerprint density at radius 1 is 1.12 bits per heavy atom. The van der Waals surface area contributed by atoms with Gasteiger partial charge in [0.15, 0.2) is 0 Å². The van der Waals surface area contributed by atoms with Gasteiger partial charge in [-0.05, 0) is 68.9 Å². The van der Waals surface area contributed by atoms with Gasteiger partial charge in [-0.25, -0.2) is 4.79 Å². The molecule has 2 amide bonds. The number of thiophene rings is 1. The van der Waals surface area contributed by atoms with Crippen LogP contribution in [-0.4, -0.2) is 35.6 Å². The molecule has 1 aliphatic heterocycles. The Bertz CT molecular complexity index is 1160. The van der Waals surface area contributed by atoms with Crippen molar-refractivity contribution in [3.05, 3.63) is 69.0 Å². The summed E-state index contributed by atoms with van der Waals surface area (Å²) < 4.78 is 7.46. The van der Waals surface area contributed by atoms with Crippen molar-refractivity contribution in [1.29, 1.82) is 0 Å². The van der Waals surface area contributed by atoms with Gasteiger partial charge in [0.05, 0.1) is 4.88 Å². The predicted octanol–water partition coefficient (Wildman–Crippen LogP) is 6.71. The van der Waals surface area contributed by atoms with Gasteiger partial charge in [-0.2, -0.15) is 0 Å². The number of halogens is 1. The summed E-state index contributed by atoms with van der Waals surface area (Å²) >= 11 is 5.14. The lowest BCUT2D eigenvalue weighted by atomic mass is 9.88. The highest BCUT2D eigenvalue weighted by molar-refractivity contribution is 9.10. The first kappa shape index (κ1) is 23.8. The van der Waals surface area contributed by atoms with E-state index in [1.165, 1.54) is 5.56 Å². The van der Waals surface area contributed by atoms with Crippen LogP contribution in [0.2, 0.25) is 0 Å². The van der Waals surface area contributed by atoms with Crippen molar-refractivity contribution in [3.63, 3.8) is 0 Å². The standard InChI is InChI=1S/C26H29BrN2O3S/c1-26(2,3)32-25(31)28-16-17-6-4-7-19(14-17)18-10-12-29(13-11-18)24(30)23-15-20-21(27)8-5-9-22(20)33-23/h4-9,14-15,18H,10-13,16H2,1-3H3,(H,28,31). The van der Waals surface area contributed by atoms with Crippen molar-refractivity contribution < 1.29 is 14.3 Å². The number of ether oxygens (including phenoxy) is 1. The minimum atomic E-state index is -0.510. The van der Waals surface area contributed by atoms with Crippen LogP contribution in [0, 0.1) is 0 Å². The number of likely N-dealkylation sites (tertiary alicyclic amines) is 1. The summed E-state index contributed by atoms with van der Waals surface area (Å²) in [4.78, 5) is 27.8. The van der Waals surface area contributed by atoms with Crippen molar-refractivity contribution in [2.24, 2.45) is 0 Å². The molecule has 2 heterocycles. The molecule has 1 N–H and O–H groups in total. The molecular weight excluding hydrogens is 500 g/mol. The normalized spacial score (nSPS) is 15.0. The summed E-state index contributed by atoms with van der Waals surface area (Å²) in [7, 11) is 0. The average Bonchev–Trinajstić information content (AvgIpc) is 3.22. The molecule has 0 atom stereocenters. The van der Waals surface area contributed by atoms with Gasteiger partial charge in [0.25, 0.3) is 5.91 Å². The Labute approximate surface area is 207 Å². The number of hydrogen-bond donors (Lipinski definition) is 1. The molecule has 2 aromatic carbocycles. The van der Waals surface area contributed by atoms with E-state index in [1.54, 1.807) is 11.3 Å². The monoisotopic (exact) mass is 528 g/mol. The molecule has 1 aliphatic rings. The molecule has 1 aromatic heterocycles. The molecule has 0 unspecified atom stereocenters. The third-order valence-corrected chi connectivity index (χ3v) is 7.54. The molecule has 0 bridgehead atoms. The number of alkyl carbamates (subject to hydrolysis) is 1. The van der Waals surface area contributed by atoms with Crippen LogP contribution in [-0.2, 0) is 11.3 Å². The summed E-state index contributed by atoms with van der Waals surface area (Å²) in [6.07, 6.45) is 1.46. The third-order valence-electron chi connectivity index (χ3n) is 5.76. The summed E-state index contributed by atoms with van der Waals surface area (Å²) in [6.45, 7) is 7.48. The van der Waals surface area contributed by atoms with Crippen molar-refractivity contribution >= 4 is 49.4 Å². The van der Waals surface area contributed by atoms with Crippen LogP contribution in [0.5, 0.6) is 0 Å². The Hall–Kier alpha value is -2.38. The number of carbonyl (C=O) groups excluding carboxylic acids is 2. The molecular formula is C26H29BrN2O3S. The molecule has 0 aliphatic carbocycles. The second-order valence-corrected chi connectivity index (χ2v) is 11.4. The van der Waals surface area contributed by atoms with Gasteiger partial charge in [0.2, 0.25) is 0 Å². The quantitative estimate of drug-likeness (QED) is 0.409. The lowest BCUT2D eigenvalue weighted by molar-refractivity contribution is 0.0523. The van der Waals surface area contributed by atoms with Crippen LogP contribution in [0.15, 0.2) is 53.0 Å². The minimum Gasteiger partial charge on any atom is -0.444 e. The highest BCUT2D eigenvalue weighted by atomic mass is 79.9. The number of amides is 2. The first-order chi connectivity index (χ1) is 15.7. The van der Waals surface area contributed by atoms with E-state index in [-0.39, 0.29) is 5.91 Å². The molecule has 174 valence electrons. The SMILES string of the molecule is CC(C)(C)OC(=O)NCc1cccc(C2CCN(C(=O)c3cc4c(Br)cccc4s3)CC2)c1. The zero-order valence-corrected chi connectivity index (χ0v) is 21.6. The van der Waals surface area contributed by atoms with Gasteiger partial charge in [-0.1, -0.05) is 46.3 Å².